The minimum absolute atomic E-state index is 0.0239. The first-order valence-corrected chi connectivity index (χ1v) is 6.84. The number of ether oxygens (including phenoxy) is 1. The third-order valence-electron chi connectivity index (χ3n) is 3.94. The van der Waals surface area contributed by atoms with E-state index in [1.54, 1.807) is 7.11 Å². The maximum atomic E-state index is 12.7. The molecule has 0 unspecified atom stereocenters. The van der Waals surface area contributed by atoms with E-state index < -0.39 is 5.92 Å². The number of hydrogen-bond acceptors (Lipinski definition) is 1. The predicted octanol–water partition coefficient (Wildman–Crippen LogP) is 4.80. The van der Waals surface area contributed by atoms with E-state index in [1.165, 1.54) is 32.1 Å². The average molecular weight is 248 g/mol. The van der Waals surface area contributed by atoms with Crippen molar-refractivity contribution in [1.82, 2.24) is 0 Å². The van der Waals surface area contributed by atoms with Crippen molar-refractivity contribution >= 4 is 0 Å². The van der Waals surface area contributed by atoms with Crippen molar-refractivity contribution < 1.29 is 13.5 Å². The minimum Gasteiger partial charge on any atom is -0.384 e. The number of hydrogen-bond donors (Lipinski definition) is 0. The summed E-state index contributed by atoms with van der Waals surface area (Å²) in [7, 11) is 1.75. The van der Waals surface area contributed by atoms with Crippen LogP contribution in [0.1, 0.15) is 64.7 Å². The molecule has 3 heteroatoms. The van der Waals surface area contributed by atoms with E-state index in [-0.39, 0.29) is 11.8 Å². The van der Waals surface area contributed by atoms with E-state index in [2.05, 4.69) is 0 Å². The molecule has 0 amide bonds. The van der Waals surface area contributed by atoms with Crippen LogP contribution in [0, 0.1) is 5.41 Å². The van der Waals surface area contributed by atoms with Crippen LogP contribution in [0.15, 0.2) is 0 Å². The van der Waals surface area contributed by atoms with Gasteiger partial charge in [0.05, 0.1) is 6.61 Å². The van der Waals surface area contributed by atoms with E-state index in [0.29, 0.717) is 6.42 Å². The summed E-state index contributed by atoms with van der Waals surface area (Å²) in [6.45, 7) is 1.81. The Labute approximate surface area is 104 Å². The molecule has 1 fully saturated rings. The van der Waals surface area contributed by atoms with Gasteiger partial charge in [-0.3, -0.25) is 0 Å². The first kappa shape index (κ1) is 14.9. The standard InChI is InChI=1S/C14H26F2O/c1-13(15,16)8-6-7-11-14(12-17-2)9-4-3-5-10-14/h3-12H2,1-2H3. The summed E-state index contributed by atoms with van der Waals surface area (Å²) in [5, 5.41) is 0. The topological polar surface area (TPSA) is 9.23 Å². The molecule has 0 saturated heterocycles. The van der Waals surface area contributed by atoms with Crippen LogP contribution in [0.3, 0.4) is 0 Å². The Balaban J connectivity index is 2.29. The summed E-state index contributed by atoms with van der Waals surface area (Å²) in [5.41, 5.74) is 0.288. The quantitative estimate of drug-likeness (QED) is 0.588. The molecule has 0 bridgehead atoms. The maximum absolute atomic E-state index is 12.7. The first-order valence-electron chi connectivity index (χ1n) is 6.84. The van der Waals surface area contributed by atoms with Crippen molar-refractivity contribution in [2.24, 2.45) is 5.41 Å². The molecule has 0 radical (unpaired) electrons. The van der Waals surface area contributed by atoms with Gasteiger partial charge in [0.1, 0.15) is 0 Å². The molecule has 0 aromatic carbocycles. The molecule has 0 aliphatic heterocycles. The zero-order chi connectivity index (χ0) is 12.8. The highest BCUT2D eigenvalue weighted by atomic mass is 19.3. The molecule has 1 aliphatic carbocycles. The van der Waals surface area contributed by atoms with Crippen LogP contribution in [0.4, 0.5) is 8.78 Å². The Kier molecular flexibility index (Phi) is 5.84. The van der Waals surface area contributed by atoms with Crippen LogP contribution in [0.5, 0.6) is 0 Å². The van der Waals surface area contributed by atoms with Crippen molar-refractivity contribution in [2.45, 2.75) is 70.6 Å². The smallest absolute Gasteiger partial charge is 0.245 e. The fraction of sp³-hybridized carbons (Fsp3) is 1.00. The molecule has 17 heavy (non-hydrogen) atoms. The molecule has 1 nitrogen and oxygen atoms in total. The van der Waals surface area contributed by atoms with Gasteiger partial charge < -0.3 is 4.74 Å². The highest BCUT2D eigenvalue weighted by Gasteiger charge is 2.31. The predicted molar refractivity (Wildman–Crippen MR) is 66.5 cm³/mol. The van der Waals surface area contributed by atoms with Crippen LogP contribution in [0.2, 0.25) is 0 Å². The molecule has 102 valence electrons. The van der Waals surface area contributed by atoms with E-state index in [4.69, 9.17) is 4.74 Å². The van der Waals surface area contributed by atoms with Crippen LogP contribution < -0.4 is 0 Å². The third-order valence-corrected chi connectivity index (χ3v) is 3.94. The lowest BCUT2D eigenvalue weighted by Crippen LogP contribution is -2.29. The molecule has 0 N–H and O–H groups in total. The van der Waals surface area contributed by atoms with Gasteiger partial charge in [-0.2, -0.15) is 0 Å². The van der Waals surface area contributed by atoms with Gasteiger partial charge in [0, 0.05) is 13.5 Å². The summed E-state index contributed by atoms with van der Waals surface area (Å²) in [5.74, 6) is -2.50. The molecule has 1 aliphatic rings. The van der Waals surface area contributed by atoms with Crippen molar-refractivity contribution in [2.75, 3.05) is 13.7 Å². The van der Waals surface area contributed by atoms with Crippen LogP contribution >= 0.6 is 0 Å². The van der Waals surface area contributed by atoms with Gasteiger partial charge in [0.15, 0.2) is 0 Å². The van der Waals surface area contributed by atoms with Gasteiger partial charge in [0.25, 0.3) is 0 Å². The summed E-state index contributed by atoms with van der Waals surface area (Å²) in [4.78, 5) is 0. The Bertz CT molecular complexity index is 199. The van der Waals surface area contributed by atoms with Gasteiger partial charge in [-0.25, -0.2) is 8.78 Å². The fourth-order valence-corrected chi connectivity index (χ4v) is 3.01. The van der Waals surface area contributed by atoms with Gasteiger partial charge in [-0.05, 0) is 38.0 Å². The van der Waals surface area contributed by atoms with E-state index >= 15 is 0 Å². The zero-order valence-electron chi connectivity index (χ0n) is 11.2. The van der Waals surface area contributed by atoms with Crippen molar-refractivity contribution in [3.05, 3.63) is 0 Å². The Morgan fingerprint density at radius 2 is 1.76 bits per heavy atom. The maximum Gasteiger partial charge on any atom is 0.245 e. The van der Waals surface area contributed by atoms with E-state index in [9.17, 15) is 8.78 Å². The molecule has 1 rings (SSSR count). The van der Waals surface area contributed by atoms with E-state index in [0.717, 1.165) is 26.4 Å². The average Bonchev–Trinajstić information content (AvgIpc) is 2.25. The molecule has 0 spiro atoms. The molecular weight excluding hydrogens is 222 g/mol. The zero-order valence-corrected chi connectivity index (χ0v) is 11.2. The molecule has 0 atom stereocenters. The lowest BCUT2D eigenvalue weighted by Gasteiger charge is -2.37. The van der Waals surface area contributed by atoms with Crippen LogP contribution in [-0.4, -0.2) is 19.6 Å². The first-order chi connectivity index (χ1) is 7.97. The van der Waals surface area contributed by atoms with Gasteiger partial charge in [-0.1, -0.05) is 25.7 Å². The molecule has 0 aromatic rings. The largest absolute Gasteiger partial charge is 0.384 e. The second-order valence-corrected chi connectivity index (χ2v) is 5.77. The van der Waals surface area contributed by atoms with Gasteiger partial charge >= 0.3 is 0 Å². The number of rotatable bonds is 7. The SMILES string of the molecule is COCC1(CCCCC(C)(F)F)CCCCC1. The van der Waals surface area contributed by atoms with Crippen molar-refractivity contribution in [3.63, 3.8) is 0 Å². The third kappa shape index (κ3) is 5.80. The van der Waals surface area contributed by atoms with Crippen molar-refractivity contribution in [1.29, 1.82) is 0 Å². The van der Waals surface area contributed by atoms with Crippen LogP contribution in [0.25, 0.3) is 0 Å². The Morgan fingerprint density at radius 1 is 1.12 bits per heavy atom. The van der Waals surface area contributed by atoms with Crippen LogP contribution in [-0.2, 0) is 4.74 Å². The normalized spacial score (nSPS) is 20.5. The monoisotopic (exact) mass is 248 g/mol. The number of alkyl halides is 2. The summed E-state index contributed by atoms with van der Waals surface area (Å²) >= 11 is 0. The summed E-state index contributed by atoms with van der Waals surface area (Å²) in [6, 6.07) is 0. The van der Waals surface area contributed by atoms with Gasteiger partial charge in [-0.15, -0.1) is 0 Å². The fourth-order valence-electron chi connectivity index (χ4n) is 3.01. The number of halogens is 2. The molecule has 0 aromatic heterocycles. The Hall–Kier alpha value is -0.180. The molecule has 1 saturated carbocycles. The highest BCUT2D eigenvalue weighted by molar-refractivity contribution is 4.82. The van der Waals surface area contributed by atoms with E-state index in [1.807, 2.05) is 0 Å². The number of methoxy groups -OCH3 is 1. The lowest BCUT2D eigenvalue weighted by atomic mass is 9.71. The molecular formula is C14H26F2O. The minimum atomic E-state index is -2.50. The lowest BCUT2D eigenvalue weighted by molar-refractivity contribution is 0.00583. The summed E-state index contributed by atoms with van der Waals surface area (Å²) in [6.07, 6.45) is 8.90. The Morgan fingerprint density at radius 3 is 2.29 bits per heavy atom. The molecule has 0 heterocycles. The second kappa shape index (κ2) is 6.67. The second-order valence-electron chi connectivity index (χ2n) is 5.77. The summed E-state index contributed by atoms with van der Waals surface area (Å²) < 4.78 is 30.7. The highest BCUT2D eigenvalue weighted by Crippen LogP contribution is 2.41. The van der Waals surface area contributed by atoms with Gasteiger partial charge in [0.2, 0.25) is 5.92 Å². The van der Waals surface area contributed by atoms with Crippen molar-refractivity contribution in [3.8, 4) is 0 Å². The number of unbranched alkanes of at least 4 members (excludes halogenated alkanes) is 1.